The topological polar surface area (TPSA) is 65.3 Å². The van der Waals surface area contributed by atoms with Gasteiger partial charge in [-0.2, -0.15) is 0 Å². The van der Waals surface area contributed by atoms with E-state index in [-0.39, 0.29) is 18.1 Å². The fourth-order valence-electron chi connectivity index (χ4n) is 2.72. The molecule has 2 aromatic carbocycles. The molecule has 0 saturated carbocycles. The molecule has 0 radical (unpaired) electrons. The van der Waals surface area contributed by atoms with E-state index in [1.54, 1.807) is 11.6 Å². The Morgan fingerprint density at radius 1 is 1.04 bits per heavy atom. The first-order valence-electron chi connectivity index (χ1n) is 8.25. The summed E-state index contributed by atoms with van der Waals surface area (Å²) in [6, 6.07) is 17.0. The van der Waals surface area contributed by atoms with E-state index in [9.17, 15) is 9.59 Å². The number of aryl methyl sites for hydroxylation is 1. The molecule has 0 aliphatic heterocycles. The van der Waals surface area contributed by atoms with E-state index in [4.69, 9.17) is 4.74 Å². The maximum Gasteiger partial charge on any atom is 0.329 e. The van der Waals surface area contributed by atoms with Crippen molar-refractivity contribution in [2.24, 2.45) is 7.05 Å². The molecule has 3 aromatic rings. The number of nitrogens with one attached hydrogen (secondary N) is 1. The molecule has 6 heteroatoms. The second kappa shape index (κ2) is 7.70. The third-order valence-corrected chi connectivity index (χ3v) is 4.01. The van der Waals surface area contributed by atoms with Crippen molar-refractivity contribution >= 4 is 16.9 Å². The van der Waals surface area contributed by atoms with Crippen molar-refractivity contribution in [1.29, 1.82) is 0 Å². The minimum atomic E-state index is -0.191. The summed E-state index contributed by atoms with van der Waals surface area (Å²) in [7, 11) is 1.71. The van der Waals surface area contributed by atoms with Gasteiger partial charge in [0, 0.05) is 13.6 Å². The Morgan fingerprint density at radius 2 is 1.72 bits per heavy atom. The molecule has 1 heterocycles. The van der Waals surface area contributed by atoms with Gasteiger partial charge in [-0.25, -0.2) is 4.79 Å². The van der Waals surface area contributed by atoms with Gasteiger partial charge in [-0.05, 0) is 30.7 Å². The lowest BCUT2D eigenvalue weighted by Gasteiger charge is -2.08. The van der Waals surface area contributed by atoms with Crippen molar-refractivity contribution in [2.75, 3.05) is 13.2 Å². The third kappa shape index (κ3) is 3.91. The van der Waals surface area contributed by atoms with Gasteiger partial charge < -0.3 is 10.1 Å². The zero-order valence-electron chi connectivity index (χ0n) is 14.1. The van der Waals surface area contributed by atoms with E-state index < -0.39 is 0 Å². The second-order valence-corrected chi connectivity index (χ2v) is 5.78. The lowest BCUT2D eigenvalue weighted by Crippen LogP contribution is -2.33. The van der Waals surface area contributed by atoms with Crippen LogP contribution in [0.15, 0.2) is 59.4 Å². The van der Waals surface area contributed by atoms with Crippen LogP contribution in [0.25, 0.3) is 11.0 Å². The van der Waals surface area contributed by atoms with Gasteiger partial charge in [-0.1, -0.05) is 30.3 Å². The molecule has 0 aliphatic rings. The van der Waals surface area contributed by atoms with Crippen molar-refractivity contribution in [3.8, 4) is 5.75 Å². The molecule has 0 fully saturated rings. The van der Waals surface area contributed by atoms with Gasteiger partial charge in [0.05, 0.1) is 17.6 Å². The Labute approximate surface area is 145 Å². The van der Waals surface area contributed by atoms with Crippen LogP contribution in [0.4, 0.5) is 0 Å². The van der Waals surface area contributed by atoms with Crippen molar-refractivity contribution in [3.05, 3.63) is 65.1 Å². The van der Waals surface area contributed by atoms with Crippen LogP contribution in [0.5, 0.6) is 5.75 Å². The predicted molar refractivity (Wildman–Crippen MR) is 96.7 cm³/mol. The number of imidazole rings is 1. The van der Waals surface area contributed by atoms with Gasteiger partial charge in [-0.15, -0.1) is 0 Å². The largest absolute Gasteiger partial charge is 0.494 e. The van der Waals surface area contributed by atoms with Crippen LogP contribution in [0, 0.1) is 0 Å². The highest BCUT2D eigenvalue weighted by Crippen LogP contribution is 2.11. The third-order valence-electron chi connectivity index (χ3n) is 4.01. The normalized spacial score (nSPS) is 10.8. The number of amides is 1. The van der Waals surface area contributed by atoms with E-state index >= 15 is 0 Å². The van der Waals surface area contributed by atoms with E-state index in [1.165, 1.54) is 4.57 Å². The van der Waals surface area contributed by atoms with Crippen molar-refractivity contribution in [1.82, 2.24) is 14.5 Å². The average Bonchev–Trinajstić information content (AvgIpc) is 2.88. The number of nitrogens with zero attached hydrogens (tertiary/aromatic N) is 2. The molecule has 1 aromatic heterocycles. The summed E-state index contributed by atoms with van der Waals surface area (Å²) in [4.78, 5) is 24.4. The Kier molecular flexibility index (Phi) is 5.18. The summed E-state index contributed by atoms with van der Waals surface area (Å²) in [5.41, 5.74) is 1.39. The molecule has 0 bridgehead atoms. The highest BCUT2D eigenvalue weighted by atomic mass is 16.5. The summed E-state index contributed by atoms with van der Waals surface area (Å²) < 4.78 is 8.62. The molecular formula is C19H21N3O3. The summed E-state index contributed by atoms with van der Waals surface area (Å²) >= 11 is 0. The van der Waals surface area contributed by atoms with Gasteiger partial charge in [0.2, 0.25) is 5.91 Å². The molecule has 0 atom stereocenters. The summed E-state index contributed by atoms with van der Waals surface area (Å²) in [5.74, 6) is 0.634. The first kappa shape index (κ1) is 16.8. The van der Waals surface area contributed by atoms with Crippen LogP contribution in [0.1, 0.15) is 6.42 Å². The van der Waals surface area contributed by atoms with Crippen LogP contribution in [-0.4, -0.2) is 28.2 Å². The number of ether oxygens (including phenoxy) is 1. The molecule has 0 aliphatic carbocycles. The Bertz CT molecular complexity index is 913. The van der Waals surface area contributed by atoms with Crippen LogP contribution in [0.2, 0.25) is 0 Å². The summed E-state index contributed by atoms with van der Waals surface area (Å²) in [6.07, 6.45) is 0.699. The number of aromatic nitrogens is 2. The maximum atomic E-state index is 12.3. The minimum Gasteiger partial charge on any atom is -0.494 e. The number of benzene rings is 2. The number of carbonyl (C=O) groups excluding carboxylic acids is 1. The number of rotatable bonds is 7. The second-order valence-electron chi connectivity index (χ2n) is 5.78. The number of carbonyl (C=O) groups is 1. The average molecular weight is 339 g/mol. The molecule has 130 valence electrons. The van der Waals surface area contributed by atoms with Crippen molar-refractivity contribution in [3.63, 3.8) is 0 Å². The zero-order chi connectivity index (χ0) is 17.6. The summed E-state index contributed by atoms with van der Waals surface area (Å²) in [6.45, 7) is 1.05. The molecule has 25 heavy (non-hydrogen) atoms. The van der Waals surface area contributed by atoms with Crippen LogP contribution in [-0.2, 0) is 18.4 Å². The fourth-order valence-corrected chi connectivity index (χ4v) is 2.72. The molecule has 1 amide bonds. The van der Waals surface area contributed by atoms with E-state index in [0.717, 1.165) is 16.8 Å². The smallest absolute Gasteiger partial charge is 0.329 e. The lowest BCUT2D eigenvalue weighted by molar-refractivity contribution is -0.121. The SMILES string of the molecule is Cn1c(=O)n(CC(=O)NCCCOc2ccccc2)c2ccccc21. The molecule has 3 rings (SSSR count). The molecule has 0 saturated heterocycles. The van der Waals surface area contributed by atoms with Gasteiger partial charge in [0.15, 0.2) is 0 Å². The maximum absolute atomic E-state index is 12.3. The molecule has 6 nitrogen and oxygen atoms in total. The Hall–Kier alpha value is -3.02. The first-order chi connectivity index (χ1) is 12.2. The minimum absolute atomic E-state index is 0.0136. The van der Waals surface area contributed by atoms with Gasteiger partial charge in [0.1, 0.15) is 12.3 Å². The summed E-state index contributed by atoms with van der Waals surface area (Å²) in [5, 5.41) is 2.83. The van der Waals surface area contributed by atoms with Crippen LogP contribution >= 0.6 is 0 Å². The molecule has 0 unspecified atom stereocenters. The number of hydrogen-bond donors (Lipinski definition) is 1. The zero-order valence-corrected chi connectivity index (χ0v) is 14.1. The van der Waals surface area contributed by atoms with E-state index in [0.29, 0.717) is 19.6 Å². The first-order valence-corrected chi connectivity index (χ1v) is 8.25. The van der Waals surface area contributed by atoms with Gasteiger partial charge >= 0.3 is 5.69 Å². The number of hydrogen-bond acceptors (Lipinski definition) is 3. The van der Waals surface area contributed by atoms with E-state index in [2.05, 4.69) is 5.32 Å². The predicted octanol–water partition coefficient (Wildman–Crippen LogP) is 1.93. The molecular weight excluding hydrogens is 318 g/mol. The quantitative estimate of drug-likeness (QED) is 0.669. The molecule has 0 spiro atoms. The molecule has 1 N–H and O–H groups in total. The Morgan fingerprint density at radius 3 is 2.48 bits per heavy atom. The highest BCUT2D eigenvalue weighted by molar-refractivity contribution is 5.80. The van der Waals surface area contributed by atoms with Crippen molar-refractivity contribution in [2.45, 2.75) is 13.0 Å². The standard InChI is InChI=1S/C19H21N3O3/c1-21-16-10-5-6-11-17(16)22(19(21)24)14-18(23)20-12-7-13-25-15-8-3-2-4-9-15/h2-6,8-11H,7,12-14H2,1H3,(H,20,23). The monoisotopic (exact) mass is 339 g/mol. The highest BCUT2D eigenvalue weighted by Gasteiger charge is 2.12. The van der Waals surface area contributed by atoms with Crippen LogP contribution < -0.4 is 15.7 Å². The van der Waals surface area contributed by atoms with Crippen molar-refractivity contribution < 1.29 is 9.53 Å². The fraction of sp³-hybridized carbons (Fsp3) is 0.263. The van der Waals surface area contributed by atoms with Gasteiger partial charge in [0.25, 0.3) is 0 Å². The van der Waals surface area contributed by atoms with Crippen LogP contribution in [0.3, 0.4) is 0 Å². The lowest BCUT2D eigenvalue weighted by atomic mass is 10.3. The van der Waals surface area contributed by atoms with E-state index in [1.807, 2.05) is 54.6 Å². The number of para-hydroxylation sites is 3. The number of fused-ring (bicyclic) bond motifs is 1. The van der Waals surface area contributed by atoms with Gasteiger partial charge in [-0.3, -0.25) is 13.9 Å². The Balaban J connectivity index is 1.50.